The van der Waals surface area contributed by atoms with Crippen LogP contribution in [0.15, 0.2) is 24.3 Å². The molecule has 0 heterocycles. The van der Waals surface area contributed by atoms with E-state index in [0.29, 0.717) is 0 Å². The van der Waals surface area contributed by atoms with Crippen LogP contribution < -0.4 is 4.74 Å². The third kappa shape index (κ3) is 7.16. The van der Waals surface area contributed by atoms with Gasteiger partial charge in [0.1, 0.15) is 5.75 Å². The Morgan fingerprint density at radius 1 is 0.893 bits per heavy atom. The van der Waals surface area contributed by atoms with Gasteiger partial charge in [-0.15, -0.1) is 0 Å². The number of benzene rings is 1. The lowest BCUT2D eigenvalue weighted by atomic mass is 9.67. The summed E-state index contributed by atoms with van der Waals surface area (Å²) in [7, 11) is 0. The maximum Gasteiger partial charge on any atom is 0.119 e. The highest BCUT2D eigenvalue weighted by Crippen LogP contribution is 2.42. The Morgan fingerprint density at radius 2 is 1.50 bits per heavy atom. The molecule has 0 atom stereocenters. The first-order valence-electron chi connectivity index (χ1n) is 11.9. The van der Waals surface area contributed by atoms with Gasteiger partial charge in [0.15, 0.2) is 0 Å². The molecule has 1 saturated carbocycles. The minimum absolute atomic E-state index is 0.277. The quantitative estimate of drug-likeness (QED) is 0.324. The molecule has 0 spiro atoms. The van der Waals surface area contributed by atoms with Crippen molar-refractivity contribution in [2.45, 2.75) is 109 Å². The van der Waals surface area contributed by atoms with Crippen LogP contribution in [0.4, 0.5) is 0 Å². The van der Waals surface area contributed by atoms with Crippen LogP contribution >= 0.6 is 0 Å². The number of hydrogen-bond donors (Lipinski definition) is 0. The lowest BCUT2D eigenvalue weighted by Crippen LogP contribution is -2.30. The molecule has 2 heteroatoms. The second-order valence-electron chi connectivity index (χ2n) is 8.77. The molecule has 1 aromatic rings. The van der Waals surface area contributed by atoms with Crippen molar-refractivity contribution in [3.63, 3.8) is 0 Å². The fourth-order valence-corrected chi connectivity index (χ4v) is 4.63. The molecule has 0 amide bonds. The molecule has 0 radical (unpaired) electrons. The highest BCUT2D eigenvalue weighted by molar-refractivity contribution is 5.37. The molecule has 1 fully saturated rings. The zero-order chi connectivity index (χ0) is 20.1. The van der Waals surface area contributed by atoms with Gasteiger partial charge >= 0.3 is 0 Å². The molecule has 0 aliphatic heterocycles. The highest BCUT2D eigenvalue weighted by atomic mass is 16.5. The van der Waals surface area contributed by atoms with Crippen LogP contribution in [-0.4, -0.2) is 6.61 Å². The molecule has 2 rings (SSSR count). The van der Waals surface area contributed by atoms with Gasteiger partial charge in [0.2, 0.25) is 0 Å². The molecule has 1 aliphatic rings. The summed E-state index contributed by atoms with van der Waals surface area (Å²) in [6, 6.07) is 11.1. The standard InChI is InChI=1S/C26H41NO/c1-3-5-6-7-8-9-10-11-21-28-25-15-13-24(14-16-25)26(22-27)19-17-23(12-4-2)18-20-26/h13-16,23H,3-12,17-21H2,1-2H3/t23-,26+. The van der Waals surface area contributed by atoms with E-state index in [9.17, 15) is 5.26 Å². The van der Waals surface area contributed by atoms with Crippen molar-refractivity contribution in [3.05, 3.63) is 29.8 Å². The van der Waals surface area contributed by atoms with Gasteiger partial charge in [-0.25, -0.2) is 0 Å². The summed E-state index contributed by atoms with van der Waals surface area (Å²) in [4.78, 5) is 0. The first kappa shape index (κ1) is 22.8. The summed E-state index contributed by atoms with van der Waals surface area (Å²) in [6.07, 6.45) is 17.5. The summed E-state index contributed by atoms with van der Waals surface area (Å²) < 4.78 is 5.93. The minimum atomic E-state index is -0.277. The largest absolute Gasteiger partial charge is 0.494 e. The number of nitriles is 1. The molecular formula is C26H41NO. The van der Waals surface area contributed by atoms with Crippen molar-refractivity contribution in [1.82, 2.24) is 0 Å². The molecule has 0 N–H and O–H groups in total. The molecular weight excluding hydrogens is 342 g/mol. The maximum absolute atomic E-state index is 9.89. The van der Waals surface area contributed by atoms with Gasteiger partial charge in [-0.1, -0.05) is 83.8 Å². The van der Waals surface area contributed by atoms with Gasteiger partial charge in [-0.3, -0.25) is 0 Å². The number of nitrogens with zero attached hydrogens (tertiary/aromatic N) is 1. The Morgan fingerprint density at radius 3 is 2.07 bits per heavy atom. The number of unbranched alkanes of at least 4 members (excludes halogenated alkanes) is 7. The van der Waals surface area contributed by atoms with E-state index in [-0.39, 0.29) is 5.41 Å². The van der Waals surface area contributed by atoms with Crippen LogP contribution in [0.3, 0.4) is 0 Å². The Labute approximate surface area is 173 Å². The van der Waals surface area contributed by atoms with E-state index in [0.717, 1.165) is 37.5 Å². The SMILES string of the molecule is CCCCCCCCCCOc1ccc([C@]2(C#N)CC[C@H](CCC)CC2)cc1. The molecule has 28 heavy (non-hydrogen) atoms. The van der Waals surface area contributed by atoms with Crippen LogP contribution in [0.1, 0.15) is 109 Å². The molecule has 0 unspecified atom stereocenters. The first-order chi connectivity index (χ1) is 13.7. The predicted octanol–water partition coefficient (Wildman–Crippen LogP) is 7.96. The van der Waals surface area contributed by atoms with E-state index in [2.05, 4.69) is 44.2 Å². The zero-order valence-electron chi connectivity index (χ0n) is 18.3. The molecule has 0 bridgehead atoms. The van der Waals surface area contributed by atoms with Crippen molar-refractivity contribution in [3.8, 4) is 11.8 Å². The topological polar surface area (TPSA) is 33.0 Å². The Bertz CT molecular complexity index is 563. The van der Waals surface area contributed by atoms with E-state index >= 15 is 0 Å². The fraction of sp³-hybridized carbons (Fsp3) is 0.731. The van der Waals surface area contributed by atoms with Crippen LogP contribution in [0.25, 0.3) is 0 Å². The average molecular weight is 384 g/mol. The van der Waals surface area contributed by atoms with Crippen LogP contribution in [0.2, 0.25) is 0 Å². The molecule has 156 valence electrons. The third-order valence-electron chi connectivity index (χ3n) is 6.54. The maximum atomic E-state index is 9.89. The summed E-state index contributed by atoms with van der Waals surface area (Å²) >= 11 is 0. The summed E-state index contributed by atoms with van der Waals surface area (Å²) in [6.45, 7) is 5.33. The van der Waals surface area contributed by atoms with Crippen molar-refractivity contribution in [2.24, 2.45) is 5.92 Å². The van der Waals surface area contributed by atoms with Gasteiger partial charge < -0.3 is 4.74 Å². The first-order valence-corrected chi connectivity index (χ1v) is 11.9. The minimum Gasteiger partial charge on any atom is -0.494 e. The van der Waals surface area contributed by atoms with Crippen molar-refractivity contribution in [2.75, 3.05) is 6.61 Å². The van der Waals surface area contributed by atoms with E-state index in [1.807, 2.05) is 0 Å². The van der Waals surface area contributed by atoms with Gasteiger partial charge in [-0.05, 0) is 55.7 Å². The second kappa shape index (κ2) is 12.9. The zero-order valence-corrected chi connectivity index (χ0v) is 18.3. The summed E-state index contributed by atoms with van der Waals surface area (Å²) in [5.41, 5.74) is 0.907. The van der Waals surface area contributed by atoms with Gasteiger partial charge in [0.25, 0.3) is 0 Å². The fourth-order valence-electron chi connectivity index (χ4n) is 4.63. The number of hydrogen-bond acceptors (Lipinski definition) is 2. The monoisotopic (exact) mass is 383 g/mol. The second-order valence-corrected chi connectivity index (χ2v) is 8.77. The van der Waals surface area contributed by atoms with Crippen LogP contribution in [0.5, 0.6) is 5.75 Å². The molecule has 0 saturated heterocycles. The Hall–Kier alpha value is -1.49. The predicted molar refractivity (Wildman–Crippen MR) is 119 cm³/mol. The molecule has 1 aliphatic carbocycles. The normalized spacial score (nSPS) is 22.0. The lowest BCUT2D eigenvalue weighted by molar-refractivity contribution is 0.265. The summed E-state index contributed by atoms with van der Waals surface area (Å²) in [5, 5.41) is 9.89. The van der Waals surface area contributed by atoms with Crippen molar-refractivity contribution in [1.29, 1.82) is 5.26 Å². The van der Waals surface area contributed by atoms with Gasteiger partial charge in [-0.2, -0.15) is 5.26 Å². The average Bonchev–Trinajstić information content (AvgIpc) is 2.74. The summed E-state index contributed by atoms with van der Waals surface area (Å²) in [5.74, 6) is 1.76. The van der Waals surface area contributed by atoms with E-state index in [1.54, 1.807) is 0 Å². The lowest BCUT2D eigenvalue weighted by Gasteiger charge is -2.35. The Balaban J connectivity index is 1.70. The van der Waals surface area contributed by atoms with Gasteiger partial charge in [0.05, 0.1) is 18.1 Å². The third-order valence-corrected chi connectivity index (χ3v) is 6.54. The van der Waals surface area contributed by atoms with E-state index < -0.39 is 0 Å². The van der Waals surface area contributed by atoms with E-state index in [4.69, 9.17) is 4.74 Å². The van der Waals surface area contributed by atoms with Crippen LogP contribution in [0, 0.1) is 17.2 Å². The van der Waals surface area contributed by atoms with Gasteiger partial charge in [0, 0.05) is 0 Å². The molecule has 0 aromatic heterocycles. The van der Waals surface area contributed by atoms with Crippen LogP contribution in [-0.2, 0) is 5.41 Å². The smallest absolute Gasteiger partial charge is 0.119 e. The molecule has 1 aromatic carbocycles. The molecule has 2 nitrogen and oxygen atoms in total. The number of ether oxygens (including phenoxy) is 1. The van der Waals surface area contributed by atoms with Crippen molar-refractivity contribution >= 4 is 0 Å². The highest BCUT2D eigenvalue weighted by Gasteiger charge is 2.36. The van der Waals surface area contributed by atoms with Crippen molar-refractivity contribution < 1.29 is 4.74 Å². The Kier molecular flexibility index (Phi) is 10.5. The number of rotatable bonds is 13. The van der Waals surface area contributed by atoms with E-state index in [1.165, 1.54) is 76.2 Å².